The average Bonchev–Trinajstić information content (AvgIpc) is 2.75. The molecule has 0 unspecified atom stereocenters. The number of ketones is 2. The number of ether oxygens (including phenoxy) is 4. The van der Waals surface area contributed by atoms with Crippen LogP contribution in [0.1, 0.15) is 39.1 Å². The van der Waals surface area contributed by atoms with E-state index >= 15 is 0 Å². The predicted molar refractivity (Wildman–Crippen MR) is 99.9 cm³/mol. The minimum absolute atomic E-state index is 0.107. The summed E-state index contributed by atoms with van der Waals surface area (Å²) in [5.41, 5.74) is -0.891. The van der Waals surface area contributed by atoms with Crippen LogP contribution in [0.3, 0.4) is 0 Å². The van der Waals surface area contributed by atoms with Crippen molar-refractivity contribution in [1.29, 1.82) is 0 Å². The third-order valence-corrected chi connectivity index (χ3v) is 4.54. The van der Waals surface area contributed by atoms with Crippen LogP contribution in [0.15, 0.2) is 30.3 Å². The molecular formula is C21H19F3O6. The molecular weight excluding hydrogens is 405 g/mol. The quantitative estimate of drug-likeness (QED) is 0.616. The van der Waals surface area contributed by atoms with Crippen LogP contribution < -0.4 is 18.9 Å². The molecule has 1 aliphatic rings. The zero-order valence-corrected chi connectivity index (χ0v) is 16.3. The third-order valence-electron chi connectivity index (χ3n) is 4.54. The lowest BCUT2D eigenvalue weighted by Crippen LogP contribution is -2.17. The molecule has 0 N–H and O–H groups in total. The molecule has 6 nitrogen and oxygen atoms in total. The minimum Gasteiger partial charge on any atom is -0.492 e. The first-order valence-electron chi connectivity index (χ1n) is 9.04. The van der Waals surface area contributed by atoms with E-state index in [1.54, 1.807) is 0 Å². The SMILES string of the molecule is COc1c(C(=O)CCC(=O)c2cccc(C(F)(F)F)c2)cc2c(c1OC)OCCO2. The molecule has 0 saturated carbocycles. The summed E-state index contributed by atoms with van der Waals surface area (Å²) < 4.78 is 60.2. The highest BCUT2D eigenvalue weighted by atomic mass is 19.4. The average molecular weight is 424 g/mol. The van der Waals surface area contributed by atoms with E-state index in [1.807, 2.05) is 0 Å². The number of hydrogen-bond acceptors (Lipinski definition) is 6. The molecule has 0 atom stereocenters. The smallest absolute Gasteiger partial charge is 0.416 e. The van der Waals surface area contributed by atoms with E-state index < -0.39 is 23.3 Å². The number of carbonyl (C=O) groups is 2. The fourth-order valence-corrected chi connectivity index (χ4v) is 3.11. The number of benzene rings is 2. The van der Waals surface area contributed by atoms with Gasteiger partial charge in [-0.3, -0.25) is 9.59 Å². The Hall–Kier alpha value is -3.23. The first-order chi connectivity index (χ1) is 14.3. The van der Waals surface area contributed by atoms with E-state index in [-0.39, 0.29) is 35.5 Å². The van der Waals surface area contributed by atoms with Crippen molar-refractivity contribution < 1.29 is 41.7 Å². The molecule has 9 heteroatoms. The number of carbonyl (C=O) groups excluding carboxylic acids is 2. The number of alkyl halides is 3. The molecule has 0 amide bonds. The van der Waals surface area contributed by atoms with E-state index in [2.05, 4.69) is 0 Å². The first-order valence-corrected chi connectivity index (χ1v) is 9.04. The number of Topliss-reactive ketones (excluding diaryl/α,β-unsaturated/α-hetero) is 2. The number of fused-ring (bicyclic) bond motifs is 1. The number of rotatable bonds is 7. The lowest BCUT2D eigenvalue weighted by atomic mass is 9.99. The van der Waals surface area contributed by atoms with Crippen LogP contribution in [0.25, 0.3) is 0 Å². The lowest BCUT2D eigenvalue weighted by Gasteiger charge is -2.23. The van der Waals surface area contributed by atoms with Gasteiger partial charge in [-0.25, -0.2) is 0 Å². The van der Waals surface area contributed by atoms with Gasteiger partial charge >= 0.3 is 6.18 Å². The normalized spacial score (nSPS) is 13.0. The molecule has 0 aromatic heterocycles. The Kier molecular flexibility index (Phi) is 6.19. The Labute approximate surface area is 170 Å². The second kappa shape index (κ2) is 8.64. The van der Waals surface area contributed by atoms with E-state index in [4.69, 9.17) is 18.9 Å². The molecule has 2 aromatic rings. The molecule has 1 heterocycles. The number of halogens is 3. The van der Waals surface area contributed by atoms with Gasteiger partial charge in [0.1, 0.15) is 13.2 Å². The molecule has 0 bridgehead atoms. The van der Waals surface area contributed by atoms with E-state index in [0.29, 0.717) is 24.7 Å². The van der Waals surface area contributed by atoms with Gasteiger partial charge in [0.05, 0.1) is 25.3 Å². The first kappa shape index (κ1) is 21.5. The van der Waals surface area contributed by atoms with Crippen LogP contribution in [0.5, 0.6) is 23.0 Å². The molecule has 160 valence electrons. The molecule has 0 spiro atoms. The Morgan fingerprint density at radius 1 is 0.967 bits per heavy atom. The molecule has 0 fully saturated rings. The van der Waals surface area contributed by atoms with Crippen molar-refractivity contribution in [2.24, 2.45) is 0 Å². The number of methoxy groups -OCH3 is 2. The van der Waals surface area contributed by atoms with Crippen LogP contribution in [-0.2, 0) is 6.18 Å². The summed E-state index contributed by atoms with van der Waals surface area (Å²) in [5.74, 6) is -0.0513. The van der Waals surface area contributed by atoms with Gasteiger partial charge in [0, 0.05) is 18.4 Å². The Balaban J connectivity index is 1.80. The Morgan fingerprint density at radius 2 is 1.63 bits per heavy atom. The van der Waals surface area contributed by atoms with Gasteiger partial charge in [-0.1, -0.05) is 12.1 Å². The maximum atomic E-state index is 12.8. The monoisotopic (exact) mass is 424 g/mol. The highest BCUT2D eigenvalue weighted by Gasteiger charge is 2.31. The van der Waals surface area contributed by atoms with Crippen LogP contribution in [0.4, 0.5) is 13.2 Å². The van der Waals surface area contributed by atoms with Crippen molar-refractivity contribution in [2.75, 3.05) is 27.4 Å². The summed E-state index contributed by atoms with van der Waals surface area (Å²) in [7, 11) is 2.75. The standard InChI is InChI=1S/C21H19F3O6/c1-27-18-14(11-17-19(20(18)28-2)30-9-8-29-17)16(26)7-6-15(25)12-4-3-5-13(10-12)21(22,23)24/h3-5,10-11H,6-9H2,1-2H3. The third kappa shape index (κ3) is 4.34. The van der Waals surface area contributed by atoms with Crippen molar-refractivity contribution in [3.63, 3.8) is 0 Å². The largest absolute Gasteiger partial charge is 0.492 e. The predicted octanol–water partition coefficient (Wildman–Crippen LogP) is 4.34. The maximum absolute atomic E-state index is 12.8. The summed E-state index contributed by atoms with van der Waals surface area (Å²) in [6.07, 6.45) is -5.05. The van der Waals surface area contributed by atoms with Crippen molar-refractivity contribution >= 4 is 11.6 Å². The van der Waals surface area contributed by atoms with Crippen LogP contribution >= 0.6 is 0 Å². The summed E-state index contributed by atoms with van der Waals surface area (Å²) >= 11 is 0. The molecule has 0 aliphatic carbocycles. The topological polar surface area (TPSA) is 71.1 Å². The maximum Gasteiger partial charge on any atom is 0.416 e. The second-order valence-corrected chi connectivity index (χ2v) is 6.44. The zero-order chi connectivity index (χ0) is 21.9. The van der Waals surface area contributed by atoms with Gasteiger partial charge < -0.3 is 18.9 Å². The Morgan fingerprint density at radius 3 is 2.30 bits per heavy atom. The molecule has 2 aromatic carbocycles. The summed E-state index contributed by atoms with van der Waals surface area (Å²) in [6, 6.07) is 5.56. The Bertz CT molecular complexity index is 968. The minimum atomic E-state index is -4.55. The highest BCUT2D eigenvalue weighted by molar-refractivity contribution is 6.04. The van der Waals surface area contributed by atoms with Crippen LogP contribution in [0.2, 0.25) is 0 Å². The van der Waals surface area contributed by atoms with Crippen molar-refractivity contribution in [3.8, 4) is 23.0 Å². The van der Waals surface area contributed by atoms with Gasteiger partial charge in [0.2, 0.25) is 11.5 Å². The molecule has 3 rings (SSSR count). The lowest BCUT2D eigenvalue weighted by molar-refractivity contribution is -0.137. The van der Waals surface area contributed by atoms with Crippen LogP contribution in [-0.4, -0.2) is 39.0 Å². The zero-order valence-electron chi connectivity index (χ0n) is 16.3. The van der Waals surface area contributed by atoms with Gasteiger partial charge in [0.25, 0.3) is 0 Å². The van der Waals surface area contributed by atoms with Crippen LogP contribution in [0, 0.1) is 0 Å². The summed E-state index contributed by atoms with van der Waals surface area (Å²) in [4.78, 5) is 25.1. The van der Waals surface area contributed by atoms with E-state index in [1.165, 1.54) is 26.4 Å². The fourth-order valence-electron chi connectivity index (χ4n) is 3.11. The summed E-state index contributed by atoms with van der Waals surface area (Å²) in [6.45, 7) is 0.607. The van der Waals surface area contributed by atoms with E-state index in [9.17, 15) is 22.8 Å². The van der Waals surface area contributed by atoms with Crippen molar-refractivity contribution in [1.82, 2.24) is 0 Å². The fraction of sp³-hybridized carbons (Fsp3) is 0.333. The van der Waals surface area contributed by atoms with Crippen molar-refractivity contribution in [3.05, 3.63) is 47.0 Å². The second-order valence-electron chi connectivity index (χ2n) is 6.44. The van der Waals surface area contributed by atoms with Gasteiger partial charge in [-0.05, 0) is 18.2 Å². The van der Waals surface area contributed by atoms with Gasteiger partial charge in [-0.2, -0.15) is 13.2 Å². The molecule has 30 heavy (non-hydrogen) atoms. The number of hydrogen-bond donors (Lipinski definition) is 0. The van der Waals surface area contributed by atoms with E-state index in [0.717, 1.165) is 18.2 Å². The highest BCUT2D eigenvalue weighted by Crippen LogP contribution is 2.48. The van der Waals surface area contributed by atoms with Gasteiger partial charge in [0.15, 0.2) is 23.1 Å². The molecule has 0 radical (unpaired) electrons. The van der Waals surface area contributed by atoms with Crippen molar-refractivity contribution in [2.45, 2.75) is 19.0 Å². The molecule has 0 saturated heterocycles. The summed E-state index contributed by atoms with van der Waals surface area (Å²) in [5, 5.41) is 0. The van der Waals surface area contributed by atoms with Gasteiger partial charge in [-0.15, -0.1) is 0 Å². The molecule has 1 aliphatic heterocycles.